The van der Waals surface area contributed by atoms with Crippen LogP contribution >= 0.6 is 0 Å². The fourth-order valence-corrected chi connectivity index (χ4v) is 2.66. The molecule has 0 aliphatic carbocycles. The molecule has 0 atom stereocenters. The van der Waals surface area contributed by atoms with Gasteiger partial charge in [0.05, 0.1) is 17.7 Å². The Kier molecular flexibility index (Phi) is 5.10. The molecule has 0 saturated carbocycles. The number of aromatic nitrogens is 6. The smallest absolute Gasteiger partial charge is 0.225 e. The molecule has 4 aromatic rings. The summed E-state index contributed by atoms with van der Waals surface area (Å²) in [5, 5.41) is 2.85. The molecule has 4 rings (SSSR count). The Morgan fingerprint density at radius 3 is 2.75 bits per heavy atom. The lowest BCUT2D eigenvalue weighted by Gasteiger charge is -2.09. The van der Waals surface area contributed by atoms with Crippen molar-refractivity contribution < 1.29 is 4.79 Å². The maximum Gasteiger partial charge on any atom is 0.225 e. The van der Waals surface area contributed by atoms with Gasteiger partial charge in [0, 0.05) is 42.8 Å². The Labute approximate surface area is 161 Å². The average molecular weight is 371 g/mol. The van der Waals surface area contributed by atoms with E-state index in [0.29, 0.717) is 35.9 Å². The molecular formula is C20H17N7O. The number of aryl methyl sites for hydroxylation is 1. The van der Waals surface area contributed by atoms with Crippen molar-refractivity contribution >= 4 is 11.7 Å². The molecule has 0 aliphatic heterocycles. The molecule has 0 aromatic carbocycles. The minimum atomic E-state index is -0.147. The first-order valence-electron chi connectivity index (χ1n) is 8.76. The van der Waals surface area contributed by atoms with E-state index in [1.807, 2.05) is 30.3 Å². The molecule has 138 valence electrons. The van der Waals surface area contributed by atoms with Crippen LogP contribution in [0.25, 0.3) is 22.8 Å². The molecule has 0 aliphatic rings. The van der Waals surface area contributed by atoms with Gasteiger partial charge in [-0.3, -0.25) is 14.8 Å². The molecule has 4 heterocycles. The van der Waals surface area contributed by atoms with Crippen molar-refractivity contribution in [2.75, 3.05) is 5.32 Å². The highest BCUT2D eigenvalue weighted by Gasteiger charge is 2.12. The first-order chi connectivity index (χ1) is 13.8. The van der Waals surface area contributed by atoms with Crippen molar-refractivity contribution in [1.82, 2.24) is 29.9 Å². The zero-order valence-corrected chi connectivity index (χ0v) is 14.9. The number of hydrogen-bond acceptors (Lipinski definition) is 6. The Bertz CT molecular complexity index is 993. The molecule has 28 heavy (non-hydrogen) atoms. The highest BCUT2D eigenvalue weighted by molar-refractivity contribution is 5.90. The average Bonchev–Trinajstić information content (AvgIpc) is 3.27. The van der Waals surface area contributed by atoms with Crippen LogP contribution in [0.4, 0.5) is 5.82 Å². The lowest BCUT2D eigenvalue weighted by molar-refractivity contribution is -0.116. The highest BCUT2D eigenvalue weighted by atomic mass is 16.1. The Morgan fingerprint density at radius 1 is 1.04 bits per heavy atom. The fraction of sp³-hybridized carbons (Fsp3) is 0.100. The van der Waals surface area contributed by atoms with Gasteiger partial charge in [-0.1, -0.05) is 6.07 Å². The number of nitrogens with one attached hydrogen (secondary N) is 2. The molecule has 4 aromatic heterocycles. The standard InChI is InChI=1S/C20H17N7O/c28-19(7-6-15-12-22-13-24-15)26-18-10-17(14-4-3-8-21-11-14)25-20(27-18)16-5-1-2-9-23-16/h1-5,8-13H,6-7H2,(H,22,24)(H,25,26,27,28). The van der Waals surface area contributed by atoms with Crippen LogP contribution in [0.2, 0.25) is 0 Å². The second-order valence-electron chi connectivity index (χ2n) is 6.03. The number of pyridine rings is 2. The van der Waals surface area contributed by atoms with Gasteiger partial charge >= 0.3 is 0 Å². The monoisotopic (exact) mass is 371 g/mol. The second kappa shape index (κ2) is 8.17. The lowest BCUT2D eigenvalue weighted by atomic mass is 10.2. The van der Waals surface area contributed by atoms with Gasteiger partial charge in [-0.2, -0.15) is 0 Å². The number of carbonyl (C=O) groups excluding carboxylic acids is 1. The third kappa shape index (κ3) is 4.24. The van der Waals surface area contributed by atoms with Crippen molar-refractivity contribution in [2.45, 2.75) is 12.8 Å². The van der Waals surface area contributed by atoms with Crippen molar-refractivity contribution in [1.29, 1.82) is 0 Å². The summed E-state index contributed by atoms with van der Waals surface area (Å²) in [6.07, 6.45) is 9.31. The van der Waals surface area contributed by atoms with Crippen LogP contribution in [0.15, 0.2) is 67.5 Å². The highest BCUT2D eigenvalue weighted by Crippen LogP contribution is 2.23. The van der Waals surface area contributed by atoms with Crippen molar-refractivity contribution in [3.63, 3.8) is 0 Å². The minimum Gasteiger partial charge on any atom is -0.351 e. The van der Waals surface area contributed by atoms with Gasteiger partial charge in [0.1, 0.15) is 11.5 Å². The third-order valence-electron chi connectivity index (χ3n) is 4.01. The molecule has 2 N–H and O–H groups in total. The van der Waals surface area contributed by atoms with Gasteiger partial charge in [0.15, 0.2) is 5.82 Å². The maximum atomic E-state index is 12.4. The number of rotatable bonds is 6. The number of hydrogen-bond donors (Lipinski definition) is 2. The summed E-state index contributed by atoms with van der Waals surface area (Å²) in [5.74, 6) is 0.705. The van der Waals surface area contributed by atoms with Gasteiger partial charge < -0.3 is 10.3 Å². The number of carbonyl (C=O) groups is 1. The maximum absolute atomic E-state index is 12.4. The lowest BCUT2D eigenvalue weighted by Crippen LogP contribution is -2.14. The van der Waals surface area contributed by atoms with E-state index >= 15 is 0 Å². The van der Waals surface area contributed by atoms with Gasteiger partial charge in [0.25, 0.3) is 0 Å². The number of aromatic amines is 1. The Morgan fingerprint density at radius 2 is 2.00 bits per heavy atom. The Hall–Kier alpha value is -3.94. The van der Waals surface area contributed by atoms with E-state index in [2.05, 4.69) is 35.2 Å². The number of imidazole rings is 1. The van der Waals surface area contributed by atoms with Gasteiger partial charge in [0.2, 0.25) is 5.91 Å². The molecule has 0 bridgehead atoms. The summed E-state index contributed by atoms with van der Waals surface area (Å²) in [4.78, 5) is 36.9. The second-order valence-corrected chi connectivity index (χ2v) is 6.03. The van der Waals surface area contributed by atoms with Gasteiger partial charge in [-0.15, -0.1) is 0 Å². The van der Waals surface area contributed by atoms with Crippen LogP contribution in [-0.4, -0.2) is 35.8 Å². The Balaban J connectivity index is 1.61. The molecule has 0 fully saturated rings. The molecule has 0 unspecified atom stereocenters. The van der Waals surface area contributed by atoms with Crippen molar-refractivity contribution in [3.8, 4) is 22.8 Å². The molecule has 1 amide bonds. The van der Waals surface area contributed by atoms with Crippen LogP contribution in [0, 0.1) is 0 Å². The summed E-state index contributed by atoms with van der Waals surface area (Å²) >= 11 is 0. The van der Waals surface area contributed by atoms with Crippen LogP contribution in [0.5, 0.6) is 0 Å². The predicted octanol–water partition coefficient (Wildman–Crippen LogP) is 2.90. The van der Waals surface area contributed by atoms with E-state index in [0.717, 1.165) is 11.3 Å². The molecule has 0 saturated heterocycles. The summed E-state index contributed by atoms with van der Waals surface area (Å²) in [7, 11) is 0. The van der Waals surface area contributed by atoms with Gasteiger partial charge in [-0.25, -0.2) is 15.0 Å². The van der Waals surface area contributed by atoms with E-state index in [9.17, 15) is 4.79 Å². The zero-order chi connectivity index (χ0) is 19.2. The van der Waals surface area contributed by atoms with Crippen LogP contribution in [0.1, 0.15) is 12.1 Å². The molecule has 0 radical (unpaired) electrons. The van der Waals surface area contributed by atoms with Crippen molar-refractivity contribution in [2.24, 2.45) is 0 Å². The van der Waals surface area contributed by atoms with E-state index in [1.54, 1.807) is 37.2 Å². The van der Waals surface area contributed by atoms with E-state index < -0.39 is 0 Å². The molecule has 8 nitrogen and oxygen atoms in total. The number of H-pyrrole nitrogens is 1. The van der Waals surface area contributed by atoms with Crippen LogP contribution in [0.3, 0.4) is 0 Å². The molecular weight excluding hydrogens is 354 g/mol. The summed E-state index contributed by atoms with van der Waals surface area (Å²) < 4.78 is 0. The van der Waals surface area contributed by atoms with E-state index in [-0.39, 0.29) is 5.91 Å². The quantitative estimate of drug-likeness (QED) is 0.539. The van der Waals surface area contributed by atoms with Crippen LogP contribution < -0.4 is 5.32 Å². The number of nitrogens with zero attached hydrogens (tertiary/aromatic N) is 5. The third-order valence-corrected chi connectivity index (χ3v) is 4.01. The largest absolute Gasteiger partial charge is 0.351 e. The van der Waals surface area contributed by atoms with Crippen LogP contribution in [-0.2, 0) is 11.2 Å². The normalized spacial score (nSPS) is 10.6. The van der Waals surface area contributed by atoms with Gasteiger partial charge in [-0.05, 0) is 30.7 Å². The topological polar surface area (TPSA) is 109 Å². The number of anilines is 1. The summed E-state index contributed by atoms with van der Waals surface area (Å²) in [5.41, 5.74) is 2.95. The SMILES string of the molecule is O=C(CCc1c[nH]cn1)Nc1cc(-c2cccnc2)nc(-c2ccccn2)n1. The van der Waals surface area contributed by atoms with E-state index in [1.165, 1.54) is 0 Å². The summed E-state index contributed by atoms with van der Waals surface area (Å²) in [6, 6.07) is 11.0. The van der Waals surface area contributed by atoms with E-state index in [4.69, 9.17) is 0 Å². The predicted molar refractivity (Wildman–Crippen MR) is 104 cm³/mol. The first-order valence-corrected chi connectivity index (χ1v) is 8.76. The zero-order valence-electron chi connectivity index (χ0n) is 14.9. The first kappa shape index (κ1) is 17.5. The fourth-order valence-electron chi connectivity index (χ4n) is 2.66. The molecule has 8 heteroatoms. The number of amides is 1. The van der Waals surface area contributed by atoms with Crippen molar-refractivity contribution in [3.05, 3.63) is 73.2 Å². The minimum absolute atomic E-state index is 0.147. The molecule has 0 spiro atoms. The summed E-state index contributed by atoms with van der Waals surface area (Å²) in [6.45, 7) is 0.